The first kappa shape index (κ1) is 23.9. The summed E-state index contributed by atoms with van der Waals surface area (Å²) < 4.78 is 21.7. The lowest BCUT2D eigenvalue weighted by molar-refractivity contribution is 0.0921. The van der Waals surface area contributed by atoms with E-state index >= 15 is 0 Å². The van der Waals surface area contributed by atoms with Crippen molar-refractivity contribution in [2.75, 3.05) is 31.9 Å². The Kier molecular flexibility index (Phi) is 7.91. The van der Waals surface area contributed by atoms with E-state index in [1.54, 1.807) is 19.2 Å². The van der Waals surface area contributed by atoms with Crippen molar-refractivity contribution in [1.82, 2.24) is 15.3 Å². The number of ether oxygens (including phenoxy) is 3. The number of fused-ring (bicyclic) bond motifs is 1. The molecule has 0 fully saturated rings. The second-order valence-electron chi connectivity index (χ2n) is 7.53. The zero-order valence-corrected chi connectivity index (χ0v) is 20.3. The minimum atomic E-state index is -0.281. The minimum Gasteiger partial charge on any atom is -0.455 e. The van der Waals surface area contributed by atoms with Crippen LogP contribution in [0.15, 0.2) is 46.0 Å². The van der Waals surface area contributed by atoms with Crippen LogP contribution in [0.25, 0.3) is 0 Å². The predicted molar refractivity (Wildman–Crippen MR) is 128 cm³/mol. The standard InChI is InChI=1S/C24H28N4O5S/c1-4-28(5-2)22-11-17(13-30-3)26-24(27-22)34-14-18-7-9-20(33-18)23(29)25-12-16-6-8-19-21(10-16)32-15-31-19/h6-11H,4-5,12-15H2,1-3H3,(H,25,29). The lowest BCUT2D eigenvalue weighted by Gasteiger charge is -2.20. The van der Waals surface area contributed by atoms with Crippen molar-refractivity contribution in [1.29, 1.82) is 0 Å². The van der Waals surface area contributed by atoms with Crippen LogP contribution in [0, 0.1) is 0 Å². The molecule has 0 unspecified atom stereocenters. The number of hydrogen-bond donors (Lipinski definition) is 1. The molecule has 1 aliphatic heterocycles. The third-order valence-corrected chi connectivity index (χ3v) is 6.11. The van der Waals surface area contributed by atoms with E-state index in [0.717, 1.165) is 30.2 Å². The monoisotopic (exact) mass is 484 g/mol. The molecule has 0 atom stereocenters. The normalized spacial score (nSPS) is 12.1. The van der Waals surface area contributed by atoms with Gasteiger partial charge in [-0.2, -0.15) is 0 Å². The van der Waals surface area contributed by atoms with Crippen LogP contribution in [-0.4, -0.2) is 42.9 Å². The quantitative estimate of drug-likeness (QED) is 0.320. The second-order valence-corrected chi connectivity index (χ2v) is 8.47. The highest BCUT2D eigenvalue weighted by molar-refractivity contribution is 7.98. The molecule has 3 heterocycles. The minimum absolute atomic E-state index is 0.219. The van der Waals surface area contributed by atoms with Gasteiger partial charge in [0.1, 0.15) is 11.6 Å². The topological polar surface area (TPSA) is 99.0 Å². The number of carbonyl (C=O) groups is 1. The molecule has 0 aliphatic carbocycles. The van der Waals surface area contributed by atoms with Gasteiger partial charge in [-0.1, -0.05) is 17.8 Å². The van der Waals surface area contributed by atoms with Gasteiger partial charge in [0.2, 0.25) is 6.79 Å². The molecule has 10 heteroatoms. The van der Waals surface area contributed by atoms with E-state index in [1.807, 2.05) is 24.3 Å². The molecule has 180 valence electrons. The zero-order chi connectivity index (χ0) is 23.9. The molecule has 0 saturated heterocycles. The first-order valence-electron chi connectivity index (χ1n) is 11.1. The van der Waals surface area contributed by atoms with Crippen molar-refractivity contribution in [3.05, 3.63) is 59.2 Å². The van der Waals surface area contributed by atoms with Gasteiger partial charge in [0.05, 0.1) is 18.1 Å². The lowest BCUT2D eigenvalue weighted by Crippen LogP contribution is -2.23. The zero-order valence-electron chi connectivity index (χ0n) is 19.5. The number of benzene rings is 1. The van der Waals surface area contributed by atoms with Crippen molar-refractivity contribution in [3.63, 3.8) is 0 Å². The van der Waals surface area contributed by atoms with Crippen LogP contribution in [0.4, 0.5) is 5.82 Å². The number of hydrogen-bond acceptors (Lipinski definition) is 9. The number of methoxy groups -OCH3 is 1. The van der Waals surface area contributed by atoms with Crippen molar-refractivity contribution in [3.8, 4) is 11.5 Å². The van der Waals surface area contributed by atoms with Crippen LogP contribution in [0.3, 0.4) is 0 Å². The van der Waals surface area contributed by atoms with Gasteiger partial charge >= 0.3 is 0 Å². The molecule has 1 aromatic carbocycles. The Morgan fingerprint density at radius 2 is 1.94 bits per heavy atom. The van der Waals surface area contributed by atoms with Crippen LogP contribution in [-0.2, 0) is 23.6 Å². The number of aromatic nitrogens is 2. The van der Waals surface area contributed by atoms with Crippen molar-refractivity contribution >= 4 is 23.5 Å². The van der Waals surface area contributed by atoms with Crippen LogP contribution in [0.5, 0.6) is 11.5 Å². The van der Waals surface area contributed by atoms with Gasteiger partial charge in [0, 0.05) is 32.8 Å². The molecule has 2 aromatic heterocycles. The average molecular weight is 485 g/mol. The molecule has 4 rings (SSSR count). The van der Waals surface area contributed by atoms with Gasteiger partial charge in [-0.15, -0.1) is 0 Å². The number of carbonyl (C=O) groups excluding carboxylic acids is 1. The fourth-order valence-electron chi connectivity index (χ4n) is 3.49. The van der Waals surface area contributed by atoms with E-state index in [1.165, 1.54) is 11.8 Å². The fraction of sp³-hybridized carbons (Fsp3) is 0.375. The molecular formula is C24H28N4O5S. The molecular weight excluding hydrogens is 456 g/mol. The number of nitrogens with one attached hydrogen (secondary N) is 1. The van der Waals surface area contributed by atoms with Crippen LogP contribution in [0.1, 0.15) is 41.4 Å². The number of nitrogens with zero attached hydrogens (tertiary/aromatic N) is 3. The van der Waals surface area contributed by atoms with Crippen LogP contribution >= 0.6 is 11.8 Å². The molecule has 1 aliphatic rings. The van der Waals surface area contributed by atoms with E-state index < -0.39 is 0 Å². The van der Waals surface area contributed by atoms with E-state index in [4.69, 9.17) is 18.6 Å². The maximum absolute atomic E-state index is 12.5. The number of furan rings is 1. The summed E-state index contributed by atoms with van der Waals surface area (Å²) in [6.07, 6.45) is 0. The summed E-state index contributed by atoms with van der Waals surface area (Å²) in [7, 11) is 1.65. The van der Waals surface area contributed by atoms with E-state index in [0.29, 0.717) is 41.3 Å². The highest BCUT2D eigenvalue weighted by Gasteiger charge is 2.16. The van der Waals surface area contributed by atoms with Crippen molar-refractivity contribution in [2.24, 2.45) is 0 Å². The second kappa shape index (κ2) is 11.3. The highest BCUT2D eigenvalue weighted by atomic mass is 32.2. The lowest BCUT2D eigenvalue weighted by atomic mass is 10.2. The molecule has 0 saturated carbocycles. The van der Waals surface area contributed by atoms with Gasteiger partial charge in [-0.25, -0.2) is 9.97 Å². The molecule has 0 radical (unpaired) electrons. The van der Waals surface area contributed by atoms with Crippen molar-refractivity contribution < 1.29 is 23.4 Å². The Morgan fingerprint density at radius 1 is 1.12 bits per heavy atom. The molecule has 34 heavy (non-hydrogen) atoms. The summed E-state index contributed by atoms with van der Waals surface area (Å²) in [5, 5.41) is 3.51. The third kappa shape index (κ3) is 5.81. The van der Waals surface area contributed by atoms with Crippen LogP contribution < -0.4 is 19.7 Å². The van der Waals surface area contributed by atoms with E-state index in [-0.39, 0.29) is 18.5 Å². The summed E-state index contributed by atoms with van der Waals surface area (Å²) in [4.78, 5) is 24.0. The SMILES string of the molecule is CCN(CC)c1cc(COC)nc(SCc2ccc(C(=O)NCc3ccc4c(c3)OCO4)o2)n1. The first-order valence-corrected chi connectivity index (χ1v) is 12.1. The predicted octanol–water partition coefficient (Wildman–Crippen LogP) is 4.01. The van der Waals surface area contributed by atoms with Crippen molar-refractivity contribution in [2.45, 2.75) is 37.9 Å². The van der Waals surface area contributed by atoms with E-state index in [2.05, 4.69) is 34.0 Å². The van der Waals surface area contributed by atoms with Gasteiger partial charge in [-0.05, 0) is 43.7 Å². The smallest absolute Gasteiger partial charge is 0.287 e. The number of anilines is 1. The largest absolute Gasteiger partial charge is 0.455 e. The summed E-state index contributed by atoms with van der Waals surface area (Å²) in [6, 6.07) is 11.0. The van der Waals surface area contributed by atoms with Gasteiger partial charge < -0.3 is 28.8 Å². The molecule has 0 bridgehead atoms. The molecule has 3 aromatic rings. The number of amides is 1. The molecule has 9 nitrogen and oxygen atoms in total. The summed E-state index contributed by atoms with van der Waals surface area (Å²) in [5.41, 5.74) is 1.74. The maximum atomic E-state index is 12.5. The fourth-order valence-corrected chi connectivity index (χ4v) is 4.26. The van der Waals surface area contributed by atoms with Gasteiger partial charge in [0.15, 0.2) is 22.4 Å². The Morgan fingerprint density at radius 3 is 2.74 bits per heavy atom. The molecule has 0 spiro atoms. The first-order chi connectivity index (χ1) is 16.6. The van der Waals surface area contributed by atoms with Gasteiger partial charge in [-0.3, -0.25) is 4.79 Å². The average Bonchev–Trinajstić information content (AvgIpc) is 3.51. The molecule has 1 amide bonds. The Balaban J connectivity index is 1.35. The maximum Gasteiger partial charge on any atom is 0.287 e. The highest BCUT2D eigenvalue weighted by Crippen LogP contribution is 2.32. The Hall–Kier alpha value is -3.24. The number of rotatable bonds is 11. The number of thioether (sulfide) groups is 1. The Bertz CT molecular complexity index is 1130. The van der Waals surface area contributed by atoms with E-state index in [9.17, 15) is 4.79 Å². The third-order valence-electron chi connectivity index (χ3n) is 5.24. The summed E-state index contributed by atoms with van der Waals surface area (Å²) >= 11 is 1.46. The van der Waals surface area contributed by atoms with Crippen LogP contribution in [0.2, 0.25) is 0 Å². The summed E-state index contributed by atoms with van der Waals surface area (Å²) in [6.45, 7) is 6.89. The van der Waals surface area contributed by atoms with Gasteiger partial charge in [0.25, 0.3) is 5.91 Å². The molecule has 1 N–H and O–H groups in total. The summed E-state index contributed by atoms with van der Waals surface area (Å²) in [5.74, 6) is 3.42. The Labute approximate surface area is 202 Å².